The number of carbonyl (C=O) groups is 1. The number of benzene rings is 1. The Morgan fingerprint density at radius 2 is 2.36 bits per heavy atom. The average molecular weight is 327 g/mol. The molecular formula is C16H23ClN2O3. The van der Waals surface area contributed by atoms with Crippen molar-refractivity contribution in [1.82, 2.24) is 10.6 Å². The largest absolute Gasteiger partial charge is 0.492 e. The van der Waals surface area contributed by atoms with Crippen LogP contribution in [0.3, 0.4) is 0 Å². The molecule has 2 rings (SSSR count). The first-order valence-electron chi connectivity index (χ1n) is 7.74. The molecule has 0 bridgehead atoms. The van der Waals surface area contributed by atoms with Gasteiger partial charge < -0.3 is 20.5 Å². The van der Waals surface area contributed by atoms with Gasteiger partial charge in [-0.15, -0.1) is 0 Å². The smallest absolute Gasteiger partial charge is 0.315 e. The summed E-state index contributed by atoms with van der Waals surface area (Å²) in [6.07, 6.45) is 2.99. The highest BCUT2D eigenvalue weighted by atomic mass is 35.5. The van der Waals surface area contributed by atoms with Gasteiger partial charge in [-0.3, -0.25) is 0 Å². The van der Waals surface area contributed by atoms with E-state index in [1.807, 2.05) is 19.1 Å². The molecular weight excluding hydrogens is 304 g/mol. The number of para-hydroxylation sites is 1. The Morgan fingerprint density at radius 3 is 3.09 bits per heavy atom. The molecule has 1 heterocycles. The Hall–Kier alpha value is -1.46. The second-order valence-corrected chi connectivity index (χ2v) is 5.84. The molecule has 0 fully saturated rings. The number of rotatable bonds is 5. The Kier molecular flexibility index (Phi) is 6.34. The molecule has 1 aliphatic rings. The molecule has 5 nitrogen and oxygen atoms in total. The maximum absolute atomic E-state index is 12.2. The fraction of sp³-hybridized carbons (Fsp3) is 0.562. The van der Waals surface area contributed by atoms with Gasteiger partial charge in [0, 0.05) is 18.2 Å². The fourth-order valence-electron chi connectivity index (χ4n) is 2.64. The van der Waals surface area contributed by atoms with E-state index in [0.717, 1.165) is 24.8 Å². The number of halogens is 1. The molecule has 0 saturated heterocycles. The van der Waals surface area contributed by atoms with Gasteiger partial charge in [0.1, 0.15) is 5.75 Å². The van der Waals surface area contributed by atoms with Crippen molar-refractivity contribution < 1.29 is 14.6 Å². The summed E-state index contributed by atoms with van der Waals surface area (Å²) >= 11 is 6.18. The molecule has 2 amide bonds. The lowest BCUT2D eigenvalue weighted by molar-refractivity contribution is 0.224. The summed E-state index contributed by atoms with van der Waals surface area (Å²) in [5.74, 6) is 0.661. The third-order valence-corrected chi connectivity index (χ3v) is 4.16. The lowest BCUT2D eigenvalue weighted by atomic mass is 10.0. The van der Waals surface area contributed by atoms with Crippen molar-refractivity contribution in [2.75, 3.05) is 13.2 Å². The van der Waals surface area contributed by atoms with Crippen LogP contribution < -0.4 is 15.4 Å². The summed E-state index contributed by atoms with van der Waals surface area (Å²) in [7, 11) is 0. The van der Waals surface area contributed by atoms with Gasteiger partial charge in [-0.05, 0) is 31.7 Å². The van der Waals surface area contributed by atoms with E-state index in [-0.39, 0.29) is 24.7 Å². The molecule has 2 atom stereocenters. The molecule has 3 N–H and O–H groups in total. The molecule has 2 unspecified atom stereocenters. The number of fused-ring (bicyclic) bond motifs is 1. The van der Waals surface area contributed by atoms with E-state index in [2.05, 4.69) is 10.6 Å². The van der Waals surface area contributed by atoms with E-state index in [4.69, 9.17) is 21.4 Å². The Balaban J connectivity index is 2.06. The predicted molar refractivity (Wildman–Crippen MR) is 86.4 cm³/mol. The minimum absolute atomic E-state index is 0.0224. The zero-order chi connectivity index (χ0) is 15.9. The topological polar surface area (TPSA) is 70.6 Å². The van der Waals surface area contributed by atoms with Crippen molar-refractivity contribution in [2.24, 2.45) is 0 Å². The van der Waals surface area contributed by atoms with Crippen LogP contribution in [-0.2, 0) is 0 Å². The third kappa shape index (κ3) is 4.27. The summed E-state index contributed by atoms with van der Waals surface area (Å²) in [5.41, 5.74) is 0.912. The first-order chi connectivity index (χ1) is 10.7. The number of aliphatic hydroxyl groups is 1. The Morgan fingerprint density at radius 1 is 1.55 bits per heavy atom. The number of nitrogens with one attached hydrogen (secondary N) is 2. The molecule has 6 heteroatoms. The molecule has 22 heavy (non-hydrogen) atoms. The number of hydrogen-bond acceptors (Lipinski definition) is 3. The predicted octanol–water partition coefficient (Wildman–Crippen LogP) is 3.01. The third-order valence-electron chi connectivity index (χ3n) is 3.87. The molecule has 0 saturated carbocycles. The highest BCUT2D eigenvalue weighted by Crippen LogP contribution is 2.36. The second-order valence-electron chi connectivity index (χ2n) is 5.44. The van der Waals surface area contributed by atoms with Gasteiger partial charge in [0.15, 0.2) is 0 Å². The summed E-state index contributed by atoms with van der Waals surface area (Å²) in [6, 6.07) is 5.22. The molecule has 0 aromatic heterocycles. The number of ether oxygens (including phenoxy) is 1. The van der Waals surface area contributed by atoms with Gasteiger partial charge in [0.25, 0.3) is 0 Å². The Bertz CT molecular complexity index is 510. The number of urea groups is 1. The fourth-order valence-corrected chi connectivity index (χ4v) is 2.88. The van der Waals surface area contributed by atoms with Crippen molar-refractivity contribution in [3.8, 4) is 5.75 Å². The van der Waals surface area contributed by atoms with Crippen molar-refractivity contribution in [2.45, 2.75) is 44.7 Å². The van der Waals surface area contributed by atoms with E-state index in [0.29, 0.717) is 23.8 Å². The Labute approximate surface area is 136 Å². The van der Waals surface area contributed by atoms with Gasteiger partial charge in [-0.2, -0.15) is 0 Å². The van der Waals surface area contributed by atoms with Crippen LogP contribution >= 0.6 is 11.6 Å². The van der Waals surface area contributed by atoms with Gasteiger partial charge in [-0.25, -0.2) is 4.79 Å². The van der Waals surface area contributed by atoms with E-state index >= 15 is 0 Å². The zero-order valence-corrected chi connectivity index (χ0v) is 13.5. The van der Waals surface area contributed by atoms with Gasteiger partial charge in [0.2, 0.25) is 0 Å². The molecule has 1 aliphatic heterocycles. The van der Waals surface area contributed by atoms with Crippen molar-refractivity contribution in [3.05, 3.63) is 28.8 Å². The summed E-state index contributed by atoms with van der Waals surface area (Å²) in [5, 5.41) is 15.5. The molecule has 1 aromatic rings. The van der Waals surface area contributed by atoms with Crippen LogP contribution in [0.15, 0.2) is 18.2 Å². The minimum atomic E-state index is -0.224. The number of carbonyl (C=O) groups excluding carboxylic acids is 1. The van der Waals surface area contributed by atoms with Crippen LogP contribution in [0.2, 0.25) is 5.02 Å². The van der Waals surface area contributed by atoms with Crippen LogP contribution in [-0.4, -0.2) is 30.4 Å². The quantitative estimate of drug-likeness (QED) is 0.779. The number of aliphatic hydroxyl groups excluding tert-OH is 1. The zero-order valence-electron chi connectivity index (χ0n) is 12.8. The van der Waals surface area contributed by atoms with Crippen LogP contribution in [0.25, 0.3) is 0 Å². The summed E-state index contributed by atoms with van der Waals surface area (Å²) in [6.45, 7) is 2.64. The normalized spacial score (nSPS) is 18.6. The van der Waals surface area contributed by atoms with Crippen LogP contribution in [0.4, 0.5) is 4.79 Å². The van der Waals surface area contributed by atoms with E-state index in [9.17, 15) is 4.79 Å². The second kappa shape index (κ2) is 8.25. The monoisotopic (exact) mass is 326 g/mol. The van der Waals surface area contributed by atoms with Gasteiger partial charge in [-0.1, -0.05) is 30.7 Å². The minimum Gasteiger partial charge on any atom is -0.492 e. The summed E-state index contributed by atoms with van der Waals surface area (Å²) < 4.78 is 5.70. The molecule has 0 radical (unpaired) electrons. The van der Waals surface area contributed by atoms with Crippen molar-refractivity contribution >= 4 is 17.6 Å². The molecule has 122 valence electrons. The van der Waals surface area contributed by atoms with Gasteiger partial charge >= 0.3 is 6.03 Å². The highest BCUT2D eigenvalue weighted by molar-refractivity contribution is 6.32. The lowest BCUT2D eigenvalue weighted by Gasteiger charge is -2.22. The molecule has 0 aliphatic carbocycles. The number of hydrogen-bond donors (Lipinski definition) is 3. The van der Waals surface area contributed by atoms with Crippen LogP contribution in [0.1, 0.15) is 44.2 Å². The average Bonchev–Trinajstić information content (AvgIpc) is 2.70. The van der Waals surface area contributed by atoms with Crippen molar-refractivity contribution in [3.63, 3.8) is 0 Å². The standard InChI is InChI=1S/C16H23ClN2O3/c1-2-11(8-9-20)18-16(21)19-14-7-4-10-22-15-12(14)5-3-6-13(15)17/h3,5-6,11,14,20H,2,4,7-10H2,1H3,(H2,18,19,21). The molecule has 1 aromatic carbocycles. The highest BCUT2D eigenvalue weighted by Gasteiger charge is 2.23. The first-order valence-corrected chi connectivity index (χ1v) is 8.12. The van der Waals surface area contributed by atoms with Gasteiger partial charge in [0.05, 0.1) is 17.7 Å². The van der Waals surface area contributed by atoms with Crippen LogP contribution in [0.5, 0.6) is 5.75 Å². The number of amides is 2. The van der Waals surface area contributed by atoms with E-state index < -0.39 is 0 Å². The first kappa shape index (κ1) is 16.9. The van der Waals surface area contributed by atoms with Crippen molar-refractivity contribution in [1.29, 1.82) is 0 Å². The van der Waals surface area contributed by atoms with E-state index in [1.54, 1.807) is 6.07 Å². The maximum Gasteiger partial charge on any atom is 0.315 e. The maximum atomic E-state index is 12.2. The summed E-state index contributed by atoms with van der Waals surface area (Å²) in [4.78, 5) is 12.2. The SMILES string of the molecule is CCC(CCO)NC(=O)NC1CCCOc2c(Cl)cccc21. The molecule has 0 spiro atoms. The lowest BCUT2D eigenvalue weighted by Crippen LogP contribution is -2.43. The van der Waals surface area contributed by atoms with E-state index in [1.165, 1.54) is 0 Å². The van der Waals surface area contributed by atoms with Crippen LogP contribution in [0, 0.1) is 0 Å².